The Labute approximate surface area is 124 Å². The molecular weight excluding hydrogens is 244 g/mol. The first-order valence-corrected chi connectivity index (χ1v) is 8.11. The van der Waals surface area contributed by atoms with Crippen molar-refractivity contribution in [3.05, 3.63) is 35.9 Å². The number of hydrogen-bond acceptors (Lipinski definition) is 2. The van der Waals surface area contributed by atoms with Crippen molar-refractivity contribution < 1.29 is 0 Å². The second-order valence-electron chi connectivity index (χ2n) is 6.92. The summed E-state index contributed by atoms with van der Waals surface area (Å²) >= 11 is 0. The summed E-state index contributed by atoms with van der Waals surface area (Å²) < 4.78 is 0. The van der Waals surface area contributed by atoms with Gasteiger partial charge in [0.1, 0.15) is 0 Å². The minimum Gasteiger partial charge on any atom is -0.309 e. The fourth-order valence-corrected chi connectivity index (χ4v) is 3.25. The fourth-order valence-electron chi connectivity index (χ4n) is 3.25. The van der Waals surface area contributed by atoms with E-state index in [-0.39, 0.29) is 0 Å². The molecule has 0 aromatic heterocycles. The van der Waals surface area contributed by atoms with Crippen molar-refractivity contribution in [2.45, 2.75) is 46.1 Å². The largest absolute Gasteiger partial charge is 0.309 e. The number of hydrogen-bond donors (Lipinski definition) is 1. The zero-order valence-corrected chi connectivity index (χ0v) is 13.4. The van der Waals surface area contributed by atoms with Crippen LogP contribution in [0.5, 0.6) is 0 Å². The van der Waals surface area contributed by atoms with Crippen LogP contribution in [0.25, 0.3) is 0 Å². The van der Waals surface area contributed by atoms with Gasteiger partial charge in [-0.2, -0.15) is 0 Å². The van der Waals surface area contributed by atoms with E-state index in [0.717, 1.165) is 13.1 Å². The second kappa shape index (κ2) is 7.24. The number of piperidine rings is 1. The van der Waals surface area contributed by atoms with Crippen LogP contribution in [0.1, 0.15) is 51.6 Å². The van der Waals surface area contributed by atoms with Crippen LogP contribution in [0.4, 0.5) is 0 Å². The molecule has 2 nitrogen and oxygen atoms in total. The van der Waals surface area contributed by atoms with E-state index in [9.17, 15) is 0 Å². The maximum absolute atomic E-state index is 3.72. The van der Waals surface area contributed by atoms with Crippen LogP contribution in [-0.2, 0) is 0 Å². The normalized spacial score (nSPS) is 20.8. The summed E-state index contributed by atoms with van der Waals surface area (Å²) in [5.41, 5.74) is 1.90. The van der Waals surface area contributed by atoms with Crippen molar-refractivity contribution in [1.29, 1.82) is 0 Å². The fraction of sp³-hybridized carbons (Fsp3) is 0.667. The lowest BCUT2D eigenvalue weighted by molar-refractivity contribution is 0.107. The summed E-state index contributed by atoms with van der Waals surface area (Å²) in [6, 6.07) is 11.4. The van der Waals surface area contributed by atoms with Gasteiger partial charge in [-0.15, -0.1) is 0 Å². The second-order valence-corrected chi connectivity index (χ2v) is 6.92. The average molecular weight is 274 g/mol. The van der Waals surface area contributed by atoms with Crippen molar-refractivity contribution in [2.24, 2.45) is 5.41 Å². The maximum atomic E-state index is 3.72. The molecular formula is C18H30N2. The van der Waals surface area contributed by atoms with Crippen LogP contribution in [0, 0.1) is 5.41 Å². The van der Waals surface area contributed by atoms with Crippen LogP contribution in [-0.4, -0.2) is 31.1 Å². The molecule has 1 aliphatic heterocycles. The van der Waals surface area contributed by atoms with E-state index in [0.29, 0.717) is 11.5 Å². The Kier molecular flexibility index (Phi) is 5.62. The van der Waals surface area contributed by atoms with Gasteiger partial charge in [-0.1, -0.05) is 51.1 Å². The Morgan fingerprint density at radius 2 is 2.00 bits per heavy atom. The smallest absolute Gasteiger partial charge is 0.0449 e. The highest BCUT2D eigenvalue weighted by Crippen LogP contribution is 2.29. The number of benzene rings is 1. The summed E-state index contributed by atoms with van der Waals surface area (Å²) in [5.74, 6) is 0. The van der Waals surface area contributed by atoms with Gasteiger partial charge in [0.25, 0.3) is 0 Å². The van der Waals surface area contributed by atoms with E-state index in [1.54, 1.807) is 0 Å². The van der Waals surface area contributed by atoms with Crippen LogP contribution < -0.4 is 5.32 Å². The molecule has 1 fully saturated rings. The quantitative estimate of drug-likeness (QED) is 0.847. The summed E-state index contributed by atoms with van der Waals surface area (Å²) in [6.45, 7) is 11.7. The number of nitrogens with one attached hydrogen (secondary N) is 1. The maximum Gasteiger partial charge on any atom is 0.0449 e. The summed E-state index contributed by atoms with van der Waals surface area (Å²) in [5, 5.41) is 3.72. The van der Waals surface area contributed by atoms with Crippen molar-refractivity contribution in [1.82, 2.24) is 10.2 Å². The first-order chi connectivity index (χ1) is 9.61. The molecule has 2 rings (SSSR count). The molecule has 1 saturated heterocycles. The molecule has 1 atom stereocenters. The van der Waals surface area contributed by atoms with Gasteiger partial charge in [0.2, 0.25) is 0 Å². The number of rotatable bonds is 6. The van der Waals surface area contributed by atoms with Gasteiger partial charge in [0.05, 0.1) is 0 Å². The van der Waals surface area contributed by atoms with Gasteiger partial charge in [-0.25, -0.2) is 0 Å². The molecule has 1 heterocycles. The molecule has 1 N–H and O–H groups in total. The number of nitrogens with zero attached hydrogens (tertiary/aromatic N) is 1. The standard InChI is InChI=1S/C18H30N2/c1-4-12-19-17(16-9-6-5-7-10-16)14-20-13-8-11-18(2,3)15-20/h5-7,9-10,17,19H,4,8,11-15H2,1-3H3. The highest BCUT2D eigenvalue weighted by molar-refractivity contribution is 5.19. The van der Waals surface area contributed by atoms with E-state index in [4.69, 9.17) is 0 Å². The van der Waals surface area contributed by atoms with Crippen LogP contribution in [0.3, 0.4) is 0 Å². The van der Waals surface area contributed by atoms with Crippen molar-refractivity contribution in [3.8, 4) is 0 Å². The molecule has 1 unspecified atom stereocenters. The van der Waals surface area contributed by atoms with Crippen LogP contribution in [0.2, 0.25) is 0 Å². The third-order valence-electron chi connectivity index (χ3n) is 4.26. The monoisotopic (exact) mass is 274 g/mol. The highest BCUT2D eigenvalue weighted by atomic mass is 15.2. The van der Waals surface area contributed by atoms with Crippen LogP contribution >= 0.6 is 0 Å². The molecule has 0 spiro atoms. The molecule has 0 aliphatic carbocycles. The van der Waals surface area contributed by atoms with Crippen LogP contribution in [0.15, 0.2) is 30.3 Å². The zero-order valence-electron chi connectivity index (χ0n) is 13.4. The Morgan fingerprint density at radius 3 is 2.65 bits per heavy atom. The first-order valence-electron chi connectivity index (χ1n) is 8.11. The van der Waals surface area contributed by atoms with Gasteiger partial charge in [-0.3, -0.25) is 0 Å². The Bertz CT molecular complexity index is 386. The lowest BCUT2D eigenvalue weighted by Gasteiger charge is -2.39. The first kappa shape index (κ1) is 15.5. The van der Waals surface area contributed by atoms with E-state index in [2.05, 4.69) is 61.3 Å². The lowest BCUT2D eigenvalue weighted by Crippen LogP contribution is -2.44. The molecule has 20 heavy (non-hydrogen) atoms. The molecule has 112 valence electrons. The Morgan fingerprint density at radius 1 is 1.25 bits per heavy atom. The van der Waals surface area contributed by atoms with Crippen molar-refractivity contribution in [2.75, 3.05) is 26.2 Å². The van der Waals surface area contributed by atoms with Crippen molar-refractivity contribution >= 4 is 0 Å². The summed E-state index contributed by atoms with van der Waals surface area (Å²) in [7, 11) is 0. The third kappa shape index (κ3) is 4.60. The van der Waals surface area contributed by atoms with E-state index < -0.39 is 0 Å². The van der Waals surface area contributed by atoms with Gasteiger partial charge in [0.15, 0.2) is 0 Å². The minimum atomic E-state index is 0.463. The van der Waals surface area contributed by atoms with Gasteiger partial charge in [-0.05, 0) is 43.3 Å². The Hall–Kier alpha value is -0.860. The molecule has 0 saturated carbocycles. The predicted molar refractivity (Wildman–Crippen MR) is 86.9 cm³/mol. The minimum absolute atomic E-state index is 0.463. The molecule has 1 aromatic rings. The molecule has 0 amide bonds. The van der Waals surface area contributed by atoms with Gasteiger partial charge >= 0.3 is 0 Å². The van der Waals surface area contributed by atoms with Crippen molar-refractivity contribution in [3.63, 3.8) is 0 Å². The average Bonchev–Trinajstić information content (AvgIpc) is 2.43. The summed E-state index contributed by atoms with van der Waals surface area (Å²) in [4.78, 5) is 2.64. The number of likely N-dealkylation sites (tertiary alicyclic amines) is 1. The molecule has 1 aliphatic rings. The summed E-state index contributed by atoms with van der Waals surface area (Å²) in [6.07, 6.45) is 3.89. The molecule has 0 radical (unpaired) electrons. The van der Waals surface area contributed by atoms with Gasteiger partial charge in [0, 0.05) is 19.1 Å². The van der Waals surface area contributed by atoms with E-state index in [1.165, 1.54) is 37.9 Å². The zero-order chi connectivity index (χ0) is 14.4. The Balaban J connectivity index is 2.00. The molecule has 2 heteroatoms. The molecule has 0 bridgehead atoms. The topological polar surface area (TPSA) is 15.3 Å². The predicted octanol–water partition coefficient (Wildman–Crippen LogP) is 3.85. The lowest BCUT2D eigenvalue weighted by atomic mass is 9.84. The van der Waals surface area contributed by atoms with E-state index >= 15 is 0 Å². The third-order valence-corrected chi connectivity index (χ3v) is 4.26. The SMILES string of the molecule is CCCNC(CN1CCCC(C)(C)C1)c1ccccc1. The highest BCUT2D eigenvalue weighted by Gasteiger charge is 2.27. The van der Waals surface area contributed by atoms with Gasteiger partial charge < -0.3 is 10.2 Å². The van der Waals surface area contributed by atoms with E-state index in [1.807, 2.05) is 0 Å². The molecule has 1 aromatic carbocycles.